The Morgan fingerprint density at radius 2 is 2.37 bits per heavy atom. The molecule has 19 heavy (non-hydrogen) atoms. The van der Waals surface area contributed by atoms with Crippen molar-refractivity contribution in [1.82, 2.24) is 15.2 Å². The Balaban J connectivity index is 2.12. The zero-order valence-electron chi connectivity index (χ0n) is 11.8. The second kappa shape index (κ2) is 6.22. The van der Waals surface area contributed by atoms with Crippen LogP contribution in [0.1, 0.15) is 31.7 Å². The summed E-state index contributed by atoms with van der Waals surface area (Å²) in [7, 11) is 1.93. The molecule has 0 radical (unpaired) electrons. The molecule has 0 amide bonds. The van der Waals surface area contributed by atoms with Crippen LogP contribution in [0.4, 0.5) is 0 Å². The SMILES string of the molecule is CCc1nn(C)c(CC(NN)C2COC(C)C2)c1Cl. The molecule has 0 bridgehead atoms. The van der Waals surface area contributed by atoms with E-state index in [0.29, 0.717) is 12.0 Å². The number of hydrazine groups is 1. The zero-order chi connectivity index (χ0) is 14.0. The van der Waals surface area contributed by atoms with Crippen LogP contribution in [0, 0.1) is 5.92 Å². The molecular formula is C13H23ClN4O. The number of aromatic nitrogens is 2. The van der Waals surface area contributed by atoms with Gasteiger partial charge in [0.2, 0.25) is 0 Å². The Bertz CT molecular complexity index is 435. The molecule has 2 heterocycles. The highest BCUT2D eigenvalue weighted by Gasteiger charge is 2.30. The van der Waals surface area contributed by atoms with Gasteiger partial charge < -0.3 is 4.74 Å². The molecule has 0 saturated carbocycles. The molecule has 2 rings (SSSR count). The van der Waals surface area contributed by atoms with Gasteiger partial charge in [0, 0.05) is 25.4 Å². The maximum absolute atomic E-state index is 6.38. The molecule has 108 valence electrons. The first-order valence-electron chi connectivity index (χ1n) is 6.84. The van der Waals surface area contributed by atoms with Crippen LogP contribution in [0.2, 0.25) is 5.02 Å². The van der Waals surface area contributed by atoms with E-state index in [1.165, 1.54) is 0 Å². The van der Waals surface area contributed by atoms with Gasteiger partial charge in [0.15, 0.2) is 0 Å². The average Bonchev–Trinajstić information content (AvgIpc) is 2.92. The van der Waals surface area contributed by atoms with Crippen LogP contribution >= 0.6 is 11.6 Å². The minimum Gasteiger partial charge on any atom is -0.378 e. The number of nitrogens with one attached hydrogen (secondary N) is 1. The van der Waals surface area contributed by atoms with E-state index < -0.39 is 0 Å². The largest absolute Gasteiger partial charge is 0.378 e. The molecule has 3 unspecified atom stereocenters. The smallest absolute Gasteiger partial charge is 0.0850 e. The van der Waals surface area contributed by atoms with Crippen molar-refractivity contribution in [3.63, 3.8) is 0 Å². The first-order chi connectivity index (χ1) is 9.06. The van der Waals surface area contributed by atoms with E-state index in [-0.39, 0.29) is 6.04 Å². The van der Waals surface area contributed by atoms with Gasteiger partial charge in [-0.05, 0) is 19.8 Å². The monoisotopic (exact) mass is 286 g/mol. The van der Waals surface area contributed by atoms with Gasteiger partial charge in [0.05, 0.1) is 29.1 Å². The van der Waals surface area contributed by atoms with Crippen molar-refractivity contribution in [2.75, 3.05) is 6.61 Å². The van der Waals surface area contributed by atoms with Crippen molar-refractivity contribution in [2.24, 2.45) is 18.8 Å². The number of nitrogens with two attached hydrogens (primary N) is 1. The van der Waals surface area contributed by atoms with E-state index >= 15 is 0 Å². The third-order valence-corrected chi connectivity index (χ3v) is 4.37. The summed E-state index contributed by atoms with van der Waals surface area (Å²) in [5.74, 6) is 6.13. The van der Waals surface area contributed by atoms with Gasteiger partial charge in [-0.25, -0.2) is 0 Å². The van der Waals surface area contributed by atoms with Crippen LogP contribution in [-0.2, 0) is 24.6 Å². The predicted octanol–water partition coefficient (Wildman–Crippen LogP) is 1.44. The van der Waals surface area contributed by atoms with E-state index in [1.54, 1.807) is 0 Å². The van der Waals surface area contributed by atoms with E-state index in [4.69, 9.17) is 22.2 Å². The highest BCUT2D eigenvalue weighted by atomic mass is 35.5. The lowest BCUT2D eigenvalue weighted by Crippen LogP contribution is -2.43. The van der Waals surface area contributed by atoms with Gasteiger partial charge in [-0.15, -0.1) is 0 Å². The average molecular weight is 287 g/mol. The zero-order valence-corrected chi connectivity index (χ0v) is 12.6. The topological polar surface area (TPSA) is 65.1 Å². The number of ether oxygens (including phenoxy) is 1. The summed E-state index contributed by atoms with van der Waals surface area (Å²) >= 11 is 6.38. The Morgan fingerprint density at radius 3 is 2.84 bits per heavy atom. The Labute approximate surface area is 119 Å². The Morgan fingerprint density at radius 1 is 1.63 bits per heavy atom. The van der Waals surface area contributed by atoms with Gasteiger partial charge >= 0.3 is 0 Å². The molecule has 1 fully saturated rings. The second-order valence-corrected chi connectivity index (χ2v) is 5.68. The van der Waals surface area contributed by atoms with Crippen LogP contribution in [-0.4, -0.2) is 28.5 Å². The third-order valence-electron chi connectivity index (χ3n) is 3.93. The summed E-state index contributed by atoms with van der Waals surface area (Å²) in [5, 5.41) is 5.22. The fourth-order valence-electron chi connectivity index (χ4n) is 2.74. The van der Waals surface area contributed by atoms with Crippen molar-refractivity contribution < 1.29 is 4.74 Å². The predicted molar refractivity (Wildman–Crippen MR) is 75.9 cm³/mol. The van der Waals surface area contributed by atoms with E-state index in [0.717, 1.165) is 42.3 Å². The molecule has 1 saturated heterocycles. The summed E-state index contributed by atoms with van der Waals surface area (Å²) in [5.41, 5.74) is 4.91. The number of hydrogen-bond acceptors (Lipinski definition) is 4. The summed E-state index contributed by atoms with van der Waals surface area (Å²) in [4.78, 5) is 0. The van der Waals surface area contributed by atoms with Gasteiger partial charge in [-0.2, -0.15) is 5.10 Å². The van der Waals surface area contributed by atoms with Crippen LogP contribution in [0.5, 0.6) is 0 Å². The molecule has 1 aliphatic heterocycles. The van der Waals surface area contributed by atoms with Gasteiger partial charge in [0.25, 0.3) is 0 Å². The molecule has 1 aromatic heterocycles. The number of rotatable bonds is 5. The van der Waals surface area contributed by atoms with Gasteiger partial charge in [0.1, 0.15) is 0 Å². The van der Waals surface area contributed by atoms with Crippen molar-refractivity contribution >= 4 is 11.6 Å². The number of hydrogen-bond donors (Lipinski definition) is 2. The fourth-order valence-corrected chi connectivity index (χ4v) is 3.11. The Hall–Kier alpha value is -0.620. The molecule has 0 spiro atoms. The molecule has 6 heteroatoms. The lowest BCUT2D eigenvalue weighted by Gasteiger charge is -2.21. The quantitative estimate of drug-likeness (QED) is 0.635. The van der Waals surface area contributed by atoms with Crippen molar-refractivity contribution in [1.29, 1.82) is 0 Å². The van der Waals surface area contributed by atoms with Crippen molar-refractivity contribution in [3.05, 3.63) is 16.4 Å². The molecule has 3 atom stereocenters. The molecular weight excluding hydrogens is 264 g/mol. The maximum Gasteiger partial charge on any atom is 0.0850 e. The molecule has 1 aliphatic rings. The normalized spacial score (nSPS) is 24.9. The summed E-state index contributed by atoms with van der Waals surface area (Å²) in [6, 6.07) is 0.169. The summed E-state index contributed by atoms with van der Waals surface area (Å²) in [6.07, 6.45) is 2.97. The van der Waals surface area contributed by atoms with Crippen molar-refractivity contribution in [2.45, 2.75) is 45.3 Å². The number of nitrogens with zero attached hydrogens (tertiary/aromatic N) is 2. The number of halogens is 1. The summed E-state index contributed by atoms with van der Waals surface area (Å²) < 4.78 is 7.49. The molecule has 1 aromatic rings. The highest BCUT2D eigenvalue weighted by molar-refractivity contribution is 6.31. The minimum atomic E-state index is 0.169. The van der Waals surface area contributed by atoms with Crippen LogP contribution in [0.3, 0.4) is 0 Å². The molecule has 0 aliphatic carbocycles. The lowest BCUT2D eigenvalue weighted by molar-refractivity contribution is 0.116. The lowest BCUT2D eigenvalue weighted by atomic mass is 9.93. The first-order valence-corrected chi connectivity index (χ1v) is 7.22. The van der Waals surface area contributed by atoms with Crippen molar-refractivity contribution in [3.8, 4) is 0 Å². The minimum absolute atomic E-state index is 0.169. The summed E-state index contributed by atoms with van der Waals surface area (Å²) in [6.45, 7) is 4.91. The van der Waals surface area contributed by atoms with E-state index in [9.17, 15) is 0 Å². The molecule has 0 aromatic carbocycles. The fraction of sp³-hybridized carbons (Fsp3) is 0.769. The Kier molecular flexibility index (Phi) is 4.84. The van der Waals surface area contributed by atoms with E-state index in [2.05, 4.69) is 24.4 Å². The van der Waals surface area contributed by atoms with Crippen LogP contribution in [0.25, 0.3) is 0 Å². The van der Waals surface area contributed by atoms with Gasteiger partial charge in [-0.3, -0.25) is 16.0 Å². The van der Waals surface area contributed by atoms with Crippen LogP contribution < -0.4 is 11.3 Å². The first kappa shape index (κ1) is 14.8. The standard InChI is InChI=1S/C13H23ClN4O/c1-4-10-13(14)12(18(3)17-10)6-11(16-15)9-5-8(2)19-7-9/h8-9,11,16H,4-7,15H2,1-3H3. The number of aryl methyl sites for hydroxylation is 2. The van der Waals surface area contributed by atoms with Gasteiger partial charge in [-0.1, -0.05) is 18.5 Å². The second-order valence-electron chi connectivity index (χ2n) is 5.30. The maximum atomic E-state index is 6.38. The molecule has 5 nitrogen and oxygen atoms in total. The third kappa shape index (κ3) is 3.11. The van der Waals surface area contributed by atoms with E-state index in [1.807, 2.05) is 11.7 Å². The molecule has 3 N–H and O–H groups in total. The van der Waals surface area contributed by atoms with Crippen LogP contribution in [0.15, 0.2) is 0 Å². The highest BCUT2D eigenvalue weighted by Crippen LogP contribution is 2.27.